The monoisotopic (exact) mass is 464 g/mol. The Hall–Kier alpha value is -3.12. The molecule has 0 aromatic heterocycles. The smallest absolute Gasteiger partial charge is 0.295 e. The lowest BCUT2D eigenvalue weighted by atomic mass is 9.94. The van der Waals surface area contributed by atoms with Gasteiger partial charge in [0.2, 0.25) is 0 Å². The molecule has 34 heavy (non-hydrogen) atoms. The highest BCUT2D eigenvalue weighted by Gasteiger charge is 2.45. The predicted octanol–water partition coefficient (Wildman–Crippen LogP) is 4.86. The minimum Gasteiger partial charge on any atom is -0.507 e. The fraction of sp³-hybridized carbons (Fsp3) is 0.429. The van der Waals surface area contributed by atoms with Crippen LogP contribution < -0.4 is 4.74 Å². The Morgan fingerprint density at radius 2 is 1.71 bits per heavy atom. The van der Waals surface area contributed by atoms with E-state index in [1.165, 1.54) is 0 Å². The van der Waals surface area contributed by atoms with Gasteiger partial charge >= 0.3 is 0 Å². The molecule has 6 heteroatoms. The number of benzene rings is 2. The van der Waals surface area contributed by atoms with Gasteiger partial charge < -0.3 is 19.6 Å². The van der Waals surface area contributed by atoms with E-state index >= 15 is 0 Å². The fourth-order valence-electron chi connectivity index (χ4n) is 4.32. The van der Waals surface area contributed by atoms with Crippen LogP contribution in [-0.2, 0) is 9.59 Å². The van der Waals surface area contributed by atoms with E-state index in [-0.39, 0.29) is 11.3 Å². The number of likely N-dealkylation sites (tertiary alicyclic amines) is 1. The minimum absolute atomic E-state index is 0.134. The Kier molecular flexibility index (Phi) is 8.51. The molecule has 1 saturated heterocycles. The summed E-state index contributed by atoms with van der Waals surface area (Å²) in [6.07, 6.45) is 0.897. The second-order valence-electron chi connectivity index (χ2n) is 8.76. The van der Waals surface area contributed by atoms with Crippen molar-refractivity contribution in [2.24, 2.45) is 0 Å². The third-order valence-electron chi connectivity index (χ3n) is 6.39. The number of hydrogen-bond acceptors (Lipinski definition) is 5. The van der Waals surface area contributed by atoms with Gasteiger partial charge in [-0.3, -0.25) is 9.59 Å². The van der Waals surface area contributed by atoms with E-state index in [4.69, 9.17) is 4.74 Å². The standard InChI is InChI=1S/C28H36N2O4/c1-6-17-34-23-14-13-22(18-20(23)5)26(31)24-25(21-11-9-19(4)10-12-21)30(28(33)27(24)32)16-15-29(7-2)8-3/h9-14,18,25,31H,6-8,15-17H2,1-5H3. The van der Waals surface area contributed by atoms with Crippen LogP contribution in [0.5, 0.6) is 5.75 Å². The first-order chi connectivity index (χ1) is 16.3. The number of carbonyl (C=O) groups excluding carboxylic acids is 2. The zero-order valence-corrected chi connectivity index (χ0v) is 20.9. The van der Waals surface area contributed by atoms with E-state index in [0.29, 0.717) is 25.3 Å². The molecule has 1 amide bonds. The summed E-state index contributed by atoms with van der Waals surface area (Å²) < 4.78 is 5.75. The number of nitrogens with zero attached hydrogens (tertiary/aromatic N) is 2. The lowest BCUT2D eigenvalue weighted by Crippen LogP contribution is -2.38. The molecule has 1 fully saturated rings. The van der Waals surface area contributed by atoms with E-state index in [1.807, 2.05) is 45.0 Å². The van der Waals surface area contributed by atoms with Crippen LogP contribution in [0.25, 0.3) is 5.76 Å². The van der Waals surface area contributed by atoms with Gasteiger partial charge in [-0.15, -0.1) is 0 Å². The summed E-state index contributed by atoms with van der Waals surface area (Å²) in [5.41, 5.74) is 3.39. The van der Waals surface area contributed by atoms with Crippen LogP contribution >= 0.6 is 0 Å². The highest BCUT2D eigenvalue weighted by molar-refractivity contribution is 6.46. The number of carbonyl (C=O) groups is 2. The molecule has 1 heterocycles. The maximum atomic E-state index is 13.2. The number of ether oxygens (including phenoxy) is 1. The minimum atomic E-state index is -0.647. The molecule has 2 aromatic rings. The fourth-order valence-corrected chi connectivity index (χ4v) is 4.32. The maximum absolute atomic E-state index is 13.2. The van der Waals surface area contributed by atoms with Crippen molar-refractivity contribution in [3.05, 3.63) is 70.3 Å². The first kappa shape index (κ1) is 25.5. The van der Waals surface area contributed by atoms with Crippen molar-refractivity contribution in [1.29, 1.82) is 0 Å². The number of rotatable bonds is 10. The number of amides is 1. The molecule has 1 aliphatic heterocycles. The number of Topliss-reactive ketones (excluding diaryl/α,β-unsaturated/α-hetero) is 1. The van der Waals surface area contributed by atoms with Gasteiger partial charge in [-0.25, -0.2) is 0 Å². The van der Waals surface area contributed by atoms with Crippen molar-refractivity contribution in [3.63, 3.8) is 0 Å². The van der Waals surface area contributed by atoms with Crippen molar-refractivity contribution < 1.29 is 19.4 Å². The molecule has 2 aromatic carbocycles. The van der Waals surface area contributed by atoms with Crippen molar-refractivity contribution in [2.75, 3.05) is 32.8 Å². The Balaban J connectivity index is 2.06. The molecule has 3 rings (SSSR count). The van der Waals surface area contributed by atoms with Crippen molar-refractivity contribution in [3.8, 4) is 5.75 Å². The molecular formula is C28H36N2O4. The summed E-state index contributed by atoms with van der Waals surface area (Å²) in [5.74, 6) is -0.627. The van der Waals surface area contributed by atoms with E-state index in [9.17, 15) is 14.7 Å². The van der Waals surface area contributed by atoms with E-state index in [1.54, 1.807) is 23.1 Å². The topological polar surface area (TPSA) is 70.1 Å². The van der Waals surface area contributed by atoms with Crippen LogP contribution in [-0.4, -0.2) is 59.4 Å². The van der Waals surface area contributed by atoms with Crippen molar-refractivity contribution >= 4 is 17.4 Å². The molecule has 1 N–H and O–H groups in total. The quantitative estimate of drug-likeness (QED) is 0.309. The Morgan fingerprint density at radius 1 is 1.03 bits per heavy atom. The maximum Gasteiger partial charge on any atom is 0.295 e. The largest absolute Gasteiger partial charge is 0.507 e. The number of aliphatic hydroxyl groups excluding tert-OH is 1. The molecule has 0 saturated carbocycles. The molecule has 1 aliphatic rings. The molecule has 6 nitrogen and oxygen atoms in total. The van der Waals surface area contributed by atoms with Gasteiger partial charge in [0.15, 0.2) is 0 Å². The van der Waals surface area contributed by atoms with Crippen LogP contribution in [0.3, 0.4) is 0 Å². The first-order valence-electron chi connectivity index (χ1n) is 12.1. The zero-order chi connectivity index (χ0) is 24.8. The molecule has 0 spiro atoms. The summed E-state index contributed by atoms with van der Waals surface area (Å²) in [6.45, 7) is 13.5. The van der Waals surface area contributed by atoms with E-state index in [0.717, 1.165) is 42.0 Å². The highest BCUT2D eigenvalue weighted by Crippen LogP contribution is 2.39. The van der Waals surface area contributed by atoms with Crippen molar-refractivity contribution in [2.45, 2.75) is 47.1 Å². The van der Waals surface area contributed by atoms with Crippen molar-refractivity contribution in [1.82, 2.24) is 9.80 Å². The average molecular weight is 465 g/mol. The van der Waals surface area contributed by atoms with Gasteiger partial charge in [-0.1, -0.05) is 50.6 Å². The van der Waals surface area contributed by atoms with Gasteiger partial charge in [-0.05, 0) is 62.7 Å². The second-order valence-corrected chi connectivity index (χ2v) is 8.76. The first-order valence-corrected chi connectivity index (χ1v) is 12.1. The van der Waals surface area contributed by atoms with E-state index in [2.05, 4.69) is 18.7 Å². The van der Waals surface area contributed by atoms with E-state index < -0.39 is 17.7 Å². The van der Waals surface area contributed by atoms with Gasteiger partial charge in [-0.2, -0.15) is 0 Å². The average Bonchev–Trinajstić information content (AvgIpc) is 3.09. The Bertz CT molecular complexity index is 1050. The summed E-state index contributed by atoms with van der Waals surface area (Å²) >= 11 is 0. The number of aryl methyl sites for hydroxylation is 2. The lowest BCUT2D eigenvalue weighted by Gasteiger charge is -2.28. The predicted molar refractivity (Wildman–Crippen MR) is 135 cm³/mol. The third-order valence-corrected chi connectivity index (χ3v) is 6.39. The van der Waals surface area contributed by atoms with Crippen LogP contribution in [0.4, 0.5) is 0 Å². The molecule has 0 aliphatic carbocycles. The van der Waals surface area contributed by atoms with Crippen LogP contribution in [0.1, 0.15) is 55.5 Å². The molecule has 1 unspecified atom stereocenters. The van der Waals surface area contributed by atoms with Crippen LogP contribution in [0.2, 0.25) is 0 Å². The number of likely N-dealkylation sites (N-methyl/N-ethyl adjacent to an activating group) is 1. The number of hydrogen-bond donors (Lipinski definition) is 1. The lowest BCUT2D eigenvalue weighted by molar-refractivity contribution is -0.140. The molecule has 0 bridgehead atoms. The number of ketones is 1. The molecule has 0 radical (unpaired) electrons. The summed E-state index contributed by atoms with van der Waals surface area (Å²) in [4.78, 5) is 30.1. The third kappa shape index (κ3) is 5.33. The Morgan fingerprint density at radius 3 is 2.29 bits per heavy atom. The van der Waals surface area contributed by atoms with Crippen LogP contribution in [0.15, 0.2) is 48.0 Å². The zero-order valence-electron chi connectivity index (χ0n) is 20.9. The SMILES string of the molecule is CCCOc1ccc(C(O)=C2C(=O)C(=O)N(CCN(CC)CC)C2c2ccc(C)cc2)cc1C. The van der Waals surface area contributed by atoms with Crippen LogP contribution in [0, 0.1) is 13.8 Å². The highest BCUT2D eigenvalue weighted by atomic mass is 16.5. The van der Waals surface area contributed by atoms with Gasteiger partial charge in [0.25, 0.3) is 11.7 Å². The molecule has 182 valence electrons. The van der Waals surface area contributed by atoms with Gasteiger partial charge in [0, 0.05) is 18.7 Å². The summed E-state index contributed by atoms with van der Waals surface area (Å²) in [7, 11) is 0. The summed E-state index contributed by atoms with van der Waals surface area (Å²) in [6, 6.07) is 12.5. The second kappa shape index (κ2) is 11.3. The molecular weight excluding hydrogens is 428 g/mol. The van der Waals surface area contributed by atoms with Gasteiger partial charge in [0.05, 0.1) is 18.2 Å². The van der Waals surface area contributed by atoms with Gasteiger partial charge in [0.1, 0.15) is 11.5 Å². The summed E-state index contributed by atoms with van der Waals surface area (Å²) in [5, 5.41) is 11.3. The normalized spacial score (nSPS) is 17.6. The number of aliphatic hydroxyl groups is 1. The Labute approximate surface area is 202 Å². The molecule has 1 atom stereocenters.